The molecule has 54 heavy (non-hydrogen) atoms. The van der Waals surface area contributed by atoms with Crippen LogP contribution in [0.25, 0.3) is 39.0 Å². The number of likely N-dealkylation sites (tertiary alicyclic amines) is 1. The lowest BCUT2D eigenvalue weighted by atomic mass is 9.95. The van der Waals surface area contributed by atoms with Gasteiger partial charge in [0.1, 0.15) is 35.2 Å². The number of halogens is 4. The molecule has 0 spiro atoms. The van der Waals surface area contributed by atoms with Crippen LogP contribution >= 0.6 is 11.6 Å². The molecule has 0 saturated carbocycles. The standard InChI is InChI=1S/C39H39ClF3N8O3/c1-22(2)36-45-29(54-48-36)10-11-30(52)50-15-12-23(19-50)18-49(3)37-27-17-44-34(26-7-4-6-24-8-9-28(42)32(40)31(24)26)33(43)35(27)46-38(47-37)53-21-39-13-5-14-51(39)20-25(41)16-39/h4,6-11,17-18,22-23,25H,5,12-16,19-21H2,1-3H3/q+1/b11-10+,49-18-/t23?,25-,39+/m1/s1. The van der Waals surface area contributed by atoms with E-state index in [2.05, 4.69) is 25.0 Å². The van der Waals surface area contributed by atoms with Gasteiger partial charge >= 0.3 is 11.8 Å². The smallest absolute Gasteiger partial charge is 0.434 e. The van der Waals surface area contributed by atoms with Crippen molar-refractivity contribution in [3.63, 3.8) is 0 Å². The van der Waals surface area contributed by atoms with Gasteiger partial charge in [-0.2, -0.15) is 9.97 Å². The zero-order valence-electron chi connectivity index (χ0n) is 30.1. The molecule has 3 atom stereocenters. The van der Waals surface area contributed by atoms with E-state index in [1.54, 1.807) is 40.8 Å². The van der Waals surface area contributed by atoms with Crippen LogP contribution in [-0.4, -0.2) is 103 Å². The van der Waals surface area contributed by atoms with E-state index < -0.39 is 23.3 Å². The minimum Gasteiger partial charge on any atom is -0.443 e. The second kappa shape index (κ2) is 14.4. The highest BCUT2D eigenvalue weighted by Gasteiger charge is 2.49. The summed E-state index contributed by atoms with van der Waals surface area (Å²) in [5.74, 6) is -0.340. The largest absolute Gasteiger partial charge is 0.443 e. The summed E-state index contributed by atoms with van der Waals surface area (Å²) in [4.78, 5) is 35.0. The van der Waals surface area contributed by atoms with Crippen molar-refractivity contribution >= 4 is 57.3 Å². The molecular formula is C39H39ClF3N8O3+. The number of aromatic nitrogens is 5. The first-order valence-corrected chi connectivity index (χ1v) is 18.5. The van der Waals surface area contributed by atoms with Crippen LogP contribution in [0.3, 0.4) is 0 Å². The maximum absolute atomic E-state index is 16.8. The van der Waals surface area contributed by atoms with Crippen LogP contribution < -0.4 is 4.74 Å². The SMILES string of the molecule is CC(C)c1noc(/C=C/C(=O)N2CCC(/C=[N+](/C)c3nc(OC[C@@]45CCCN4C[C@H](F)C5)nc4c(F)c(-c5cccc6ccc(F)c(Cl)c56)ncc34)C2)n1. The van der Waals surface area contributed by atoms with Gasteiger partial charge in [-0.25, -0.2) is 17.7 Å². The highest BCUT2D eigenvalue weighted by Crippen LogP contribution is 2.41. The van der Waals surface area contributed by atoms with Crippen molar-refractivity contribution in [2.75, 3.05) is 39.8 Å². The molecule has 1 unspecified atom stereocenters. The van der Waals surface area contributed by atoms with Gasteiger partial charge in [-0.15, -0.1) is 0 Å². The molecule has 0 bridgehead atoms. The number of carbonyl (C=O) groups excluding carboxylic acids is 1. The summed E-state index contributed by atoms with van der Waals surface area (Å²) < 4.78 is 59.3. The minimum atomic E-state index is -0.948. The van der Waals surface area contributed by atoms with E-state index in [9.17, 15) is 13.6 Å². The molecule has 0 radical (unpaired) electrons. The fraction of sp³-hybridized carbons (Fsp3) is 0.410. The number of fused-ring (bicyclic) bond motifs is 3. The zero-order chi connectivity index (χ0) is 37.7. The molecule has 0 aliphatic carbocycles. The van der Waals surface area contributed by atoms with E-state index in [1.807, 2.05) is 20.1 Å². The van der Waals surface area contributed by atoms with Gasteiger partial charge in [0.05, 0.1) is 23.8 Å². The first-order chi connectivity index (χ1) is 26.0. The van der Waals surface area contributed by atoms with Crippen molar-refractivity contribution < 1.29 is 31.8 Å². The second-order valence-electron chi connectivity index (χ2n) is 14.7. The summed E-state index contributed by atoms with van der Waals surface area (Å²) in [5, 5.41) is 5.07. The van der Waals surface area contributed by atoms with Crippen molar-refractivity contribution in [3.8, 4) is 17.3 Å². The van der Waals surface area contributed by atoms with Gasteiger partial charge in [-0.05, 0) is 37.3 Å². The number of ether oxygens (including phenoxy) is 1. The van der Waals surface area contributed by atoms with Gasteiger partial charge in [0.25, 0.3) is 5.89 Å². The van der Waals surface area contributed by atoms with Crippen molar-refractivity contribution in [2.45, 2.75) is 57.2 Å². The minimum absolute atomic E-state index is 0.0460. The third-order valence-corrected chi connectivity index (χ3v) is 11.1. The number of amides is 1. The lowest BCUT2D eigenvalue weighted by Crippen LogP contribution is -2.43. The van der Waals surface area contributed by atoms with Gasteiger partial charge in [0.2, 0.25) is 5.91 Å². The predicted octanol–water partition coefficient (Wildman–Crippen LogP) is 7.14. The van der Waals surface area contributed by atoms with Crippen LogP contribution in [0.5, 0.6) is 6.01 Å². The zero-order valence-corrected chi connectivity index (χ0v) is 30.9. The molecule has 280 valence electrons. The summed E-state index contributed by atoms with van der Waals surface area (Å²) in [6.45, 7) is 6.18. The summed E-state index contributed by atoms with van der Waals surface area (Å²) >= 11 is 6.42. The van der Waals surface area contributed by atoms with Gasteiger partial charge < -0.3 is 14.2 Å². The summed E-state index contributed by atoms with van der Waals surface area (Å²) in [6.07, 6.45) is 8.17. The number of rotatable bonds is 9. The fourth-order valence-electron chi connectivity index (χ4n) is 7.99. The van der Waals surface area contributed by atoms with Gasteiger partial charge in [0, 0.05) is 72.2 Å². The second-order valence-corrected chi connectivity index (χ2v) is 15.1. The number of alkyl halides is 1. The Hall–Kier alpha value is -4.95. The Labute approximate surface area is 314 Å². The van der Waals surface area contributed by atoms with Crippen LogP contribution in [0.4, 0.5) is 19.0 Å². The monoisotopic (exact) mass is 759 g/mol. The number of benzene rings is 2. The van der Waals surface area contributed by atoms with Gasteiger partial charge in [0.15, 0.2) is 11.6 Å². The van der Waals surface area contributed by atoms with E-state index in [4.69, 9.17) is 25.8 Å². The number of nitrogens with zero attached hydrogens (tertiary/aromatic N) is 8. The molecule has 1 amide bonds. The van der Waals surface area contributed by atoms with Crippen molar-refractivity contribution in [1.29, 1.82) is 0 Å². The van der Waals surface area contributed by atoms with Crippen molar-refractivity contribution in [3.05, 3.63) is 71.0 Å². The quantitative estimate of drug-likeness (QED) is 0.0879. The first-order valence-electron chi connectivity index (χ1n) is 18.1. The average molecular weight is 760 g/mol. The first kappa shape index (κ1) is 36.0. The maximum Gasteiger partial charge on any atom is 0.434 e. The Morgan fingerprint density at radius 2 is 2.02 bits per heavy atom. The van der Waals surface area contributed by atoms with Crippen LogP contribution in [0.1, 0.15) is 57.2 Å². The molecule has 2 aromatic carbocycles. The van der Waals surface area contributed by atoms with Crippen LogP contribution in [0.15, 0.2) is 47.1 Å². The normalized spacial score (nSPS) is 22.1. The fourth-order valence-corrected chi connectivity index (χ4v) is 8.26. The lowest BCUT2D eigenvalue weighted by Gasteiger charge is -2.30. The molecule has 3 saturated heterocycles. The maximum atomic E-state index is 16.8. The third-order valence-electron chi connectivity index (χ3n) is 10.7. The Kier molecular flexibility index (Phi) is 9.59. The molecule has 6 heterocycles. The van der Waals surface area contributed by atoms with Crippen LogP contribution in [-0.2, 0) is 4.79 Å². The highest BCUT2D eigenvalue weighted by atomic mass is 35.5. The summed E-state index contributed by atoms with van der Waals surface area (Å²) in [7, 11) is 1.79. The molecule has 3 aromatic heterocycles. The van der Waals surface area contributed by atoms with Crippen molar-refractivity contribution in [1.82, 2.24) is 34.9 Å². The molecule has 0 N–H and O–H groups in total. The lowest BCUT2D eigenvalue weighted by molar-refractivity contribution is -0.405. The van der Waals surface area contributed by atoms with E-state index in [0.717, 1.165) is 19.4 Å². The van der Waals surface area contributed by atoms with E-state index in [1.165, 1.54) is 24.4 Å². The third kappa shape index (κ3) is 6.70. The number of carbonyl (C=O) groups is 1. The molecule has 11 nitrogen and oxygen atoms in total. The average Bonchev–Trinajstić information content (AvgIpc) is 3.96. The molecule has 3 aliphatic heterocycles. The predicted molar refractivity (Wildman–Crippen MR) is 198 cm³/mol. The molecule has 5 aromatic rings. The highest BCUT2D eigenvalue weighted by molar-refractivity contribution is 6.36. The Bertz CT molecular complexity index is 2330. The topological polar surface area (TPSA) is 113 Å². The number of hydrogen-bond acceptors (Lipinski definition) is 9. The molecule has 3 fully saturated rings. The number of pyridine rings is 1. The summed E-state index contributed by atoms with van der Waals surface area (Å²) in [5.41, 5.74) is -0.270. The Morgan fingerprint density at radius 1 is 1.17 bits per heavy atom. The molecule has 15 heteroatoms. The molecule has 3 aliphatic rings. The van der Waals surface area contributed by atoms with Gasteiger partial charge in [-0.1, -0.05) is 54.9 Å². The molecule has 8 rings (SSSR count). The van der Waals surface area contributed by atoms with Crippen LogP contribution in [0.2, 0.25) is 5.02 Å². The van der Waals surface area contributed by atoms with Crippen molar-refractivity contribution in [2.24, 2.45) is 5.92 Å². The van der Waals surface area contributed by atoms with E-state index in [-0.39, 0.29) is 52.5 Å². The Balaban J connectivity index is 1.12. The van der Waals surface area contributed by atoms with Crippen LogP contribution in [0, 0.1) is 17.6 Å². The summed E-state index contributed by atoms with van der Waals surface area (Å²) in [6, 6.07) is 7.92. The van der Waals surface area contributed by atoms with Gasteiger partial charge in [-0.3, -0.25) is 14.7 Å². The molecular weight excluding hydrogens is 721 g/mol. The van der Waals surface area contributed by atoms with E-state index in [0.29, 0.717) is 65.8 Å². The Morgan fingerprint density at radius 3 is 2.83 bits per heavy atom. The number of hydrogen-bond donors (Lipinski definition) is 0. The van der Waals surface area contributed by atoms with E-state index >= 15 is 4.39 Å².